The van der Waals surface area contributed by atoms with E-state index >= 15 is 0 Å². The highest BCUT2D eigenvalue weighted by Crippen LogP contribution is 2.24. The van der Waals surface area contributed by atoms with Crippen molar-refractivity contribution in [1.29, 1.82) is 5.26 Å². The zero-order valence-electron chi connectivity index (χ0n) is 8.18. The van der Waals surface area contributed by atoms with Crippen LogP contribution in [-0.4, -0.2) is 9.97 Å². The molecule has 0 bridgehead atoms. The fourth-order valence-corrected chi connectivity index (χ4v) is 1.34. The zero-order chi connectivity index (χ0) is 11.4. The topological polar surface area (TPSA) is 61.6 Å². The summed E-state index contributed by atoms with van der Waals surface area (Å²) in [5, 5.41) is 12.2. The fraction of sp³-hybridized carbons (Fsp3) is 0. The third-order valence-electron chi connectivity index (χ3n) is 1.91. The first-order valence-corrected chi connectivity index (χ1v) is 4.91. The number of nitrogens with one attached hydrogen (secondary N) is 1. The Labute approximate surface area is 97.5 Å². The molecule has 0 saturated heterocycles. The minimum atomic E-state index is 0.444. The van der Waals surface area contributed by atoms with Crippen LogP contribution in [0.25, 0.3) is 0 Å². The lowest BCUT2D eigenvalue weighted by Crippen LogP contribution is -1.96. The molecule has 0 aliphatic heterocycles. The molecular formula is C11H7ClN4. The monoisotopic (exact) mass is 230 g/mol. The molecule has 78 valence electrons. The Bertz CT molecular complexity index is 533. The molecular weight excluding hydrogens is 224 g/mol. The number of hydrogen-bond donors (Lipinski definition) is 1. The number of benzene rings is 1. The van der Waals surface area contributed by atoms with Crippen LogP contribution < -0.4 is 5.32 Å². The Kier molecular flexibility index (Phi) is 2.99. The molecule has 0 aliphatic rings. The maximum Gasteiger partial charge on any atom is 0.227 e. The summed E-state index contributed by atoms with van der Waals surface area (Å²) in [5.74, 6) is 0.444. The van der Waals surface area contributed by atoms with Crippen LogP contribution in [0.1, 0.15) is 5.56 Å². The Morgan fingerprint density at radius 1 is 1.25 bits per heavy atom. The highest BCUT2D eigenvalue weighted by molar-refractivity contribution is 6.33. The van der Waals surface area contributed by atoms with Crippen LogP contribution in [0.3, 0.4) is 0 Å². The second-order valence-corrected chi connectivity index (χ2v) is 3.41. The van der Waals surface area contributed by atoms with Crippen molar-refractivity contribution in [2.24, 2.45) is 0 Å². The zero-order valence-corrected chi connectivity index (χ0v) is 8.94. The van der Waals surface area contributed by atoms with Gasteiger partial charge < -0.3 is 5.32 Å². The second-order valence-electron chi connectivity index (χ2n) is 3.00. The van der Waals surface area contributed by atoms with Crippen LogP contribution in [0.15, 0.2) is 36.7 Å². The highest BCUT2D eigenvalue weighted by Gasteiger charge is 2.03. The Hall–Kier alpha value is -2.12. The van der Waals surface area contributed by atoms with Crippen molar-refractivity contribution in [1.82, 2.24) is 9.97 Å². The van der Waals surface area contributed by atoms with Crippen LogP contribution in [0.4, 0.5) is 11.6 Å². The molecule has 1 aromatic carbocycles. The molecule has 5 heteroatoms. The van der Waals surface area contributed by atoms with Crippen molar-refractivity contribution in [2.45, 2.75) is 0 Å². The third-order valence-corrected chi connectivity index (χ3v) is 2.24. The van der Waals surface area contributed by atoms with Gasteiger partial charge >= 0.3 is 0 Å². The Balaban J connectivity index is 2.31. The van der Waals surface area contributed by atoms with E-state index in [1.54, 1.807) is 36.7 Å². The van der Waals surface area contributed by atoms with Crippen LogP contribution in [0.5, 0.6) is 0 Å². The molecule has 0 unspecified atom stereocenters. The van der Waals surface area contributed by atoms with Gasteiger partial charge in [-0.2, -0.15) is 5.26 Å². The lowest BCUT2D eigenvalue weighted by atomic mass is 10.2. The molecule has 0 saturated carbocycles. The predicted molar refractivity (Wildman–Crippen MR) is 61.5 cm³/mol. The minimum absolute atomic E-state index is 0.444. The molecule has 1 aromatic heterocycles. The van der Waals surface area contributed by atoms with Gasteiger partial charge in [0.25, 0.3) is 0 Å². The van der Waals surface area contributed by atoms with Crippen molar-refractivity contribution in [3.05, 3.63) is 47.2 Å². The van der Waals surface area contributed by atoms with E-state index in [0.717, 1.165) is 0 Å². The third kappa shape index (κ3) is 2.27. The lowest BCUT2D eigenvalue weighted by Gasteiger charge is -2.06. The van der Waals surface area contributed by atoms with Gasteiger partial charge in [0.15, 0.2) is 0 Å². The molecule has 2 rings (SSSR count). The predicted octanol–water partition coefficient (Wildman–Crippen LogP) is 2.75. The van der Waals surface area contributed by atoms with Crippen LogP contribution in [-0.2, 0) is 0 Å². The van der Waals surface area contributed by atoms with Crippen molar-refractivity contribution >= 4 is 23.2 Å². The molecule has 0 radical (unpaired) electrons. The largest absolute Gasteiger partial charge is 0.323 e. The van der Waals surface area contributed by atoms with Crippen molar-refractivity contribution in [3.63, 3.8) is 0 Å². The normalized spacial score (nSPS) is 9.50. The first kappa shape index (κ1) is 10.4. The molecule has 1 heterocycles. The van der Waals surface area contributed by atoms with E-state index in [2.05, 4.69) is 15.3 Å². The van der Waals surface area contributed by atoms with Crippen molar-refractivity contribution < 1.29 is 0 Å². The summed E-state index contributed by atoms with van der Waals surface area (Å²) in [5.41, 5.74) is 1.15. The molecule has 0 amide bonds. The molecule has 0 spiro atoms. The van der Waals surface area contributed by atoms with E-state index in [0.29, 0.717) is 22.2 Å². The van der Waals surface area contributed by atoms with Crippen molar-refractivity contribution in [3.8, 4) is 6.07 Å². The van der Waals surface area contributed by atoms with Crippen molar-refractivity contribution in [2.75, 3.05) is 5.32 Å². The maximum absolute atomic E-state index is 8.77. The molecule has 0 aliphatic carbocycles. The van der Waals surface area contributed by atoms with Crippen LogP contribution in [0.2, 0.25) is 5.02 Å². The van der Waals surface area contributed by atoms with E-state index in [-0.39, 0.29) is 0 Å². The standard InChI is InChI=1S/C11H7ClN4/c12-9-3-2-8(7-13)6-10(9)16-11-14-4-1-5-15-11/h1-6H,(H,14,15,16). The van der Waals surface area contributed by atoms with Gasteiger partial charge in [0.05, 0.1) is 22.3 Å². The molecule has 0 fully saturated rings. The Morgan fingerprint density at radius 3 is 2.69 bits per heavy atom. The van der Waals surface area contributed by atoms with Crippen LogP contribution in [0, 0.1) is 11.3 Å². The van der Waals surface area contributed by atoms with Gasteiger partial charge in [0, 0.05) is 12.4 Å². The summed E-state index contributed by atoms with van der Waals surface area (Å²) in [7, 11) is 0. The molecule has 0 atom stereocenters. The molecule has 2 aromatic rings. The number of halogens is 1. The minimum Gasteiger partial charge on any atom is -0.323 e. The molecule has 16 heavy (non-hydrogen) atoms. The van der Waals surface area contributed by atoms with Gasteiger partial charge in [-0.1, -0.05) is 11.6 Å². The quantitative estimate of drug-likeness (QED) is 0.862. The SMILES string of the molecule is N#Cc1ccc(Cl)c(Nc2ncccn2)c1. The number of rotatable bonds is 2. The number of hydrogen-bond acceptors (Lipinski definition) is 4. The van der Waals surface area contributed by atoms with E-state index in [1.807, 2.05) is 6.07 Å². The number of nitriles is 1. The average molecular weight is 231 g/mol. The lowest BCUT2D eigenvalue weighted by molar-refractivity contribution is 1.17. The number of nitrogens with zero attached hydrogens (tertiary/aromatic N) is 3. The first-order chi connectivity index (χ1) is 7.79. The highest BCUT2D eigenvalue weighted by atomic mass is 35.5. The van der Waals surface area contributed by atoms with E-state index < -0.39 is 0 Å². The fourth-order valence-electron chi connectivity index (χ4n) is 1.17. The average Bonchev–Trinajstić information content (AvgIpc) is 2.33. The van der Waals surface area contributed by atoms with Gasteiger partial charge in [-0.05, 0) is 24.3 Å². The summed E-state index contributed by atoms with van der Waals surface area (Å²) in [6, 6.07) is 8.72. The summed E-state index contributed by atoms with van der Waals surface area (Å²) >= 11 is 5.98. The summed E-state index contributed by atoms with van der Waals surface area (Å²) in [6.07, 6.45) is 3.24. The summed E-state index contributed by atoms with van der Waals surface area (Å²) in [4.78, 5) is 8.01. The Morgan fingerprint density at radius 2 is 2.00 bits per heavy atom. The maximum atomic E-state index is 8.77. The van der Waals surface area contributed by atoms with Gasteiger partial charge in [0.2, 0.25) is 5.95 Å². The van der Waals surface area contributed by atoms with Gasteiger partial charge in [-0.25, -0.2) is 9.97 Å². The van der Waals surface area contributed by atoms with Gasteiger partial charge in [-0.3, -0.25) is 0 Å². The molecule has 1 N–H and O–H groups in total. The second kappa shape index (κ2) is 4.60. The van der Waals surface area contributed by atoms with E-state index in [1.165, 1.54) is 0 Å². The smallest absolute Gasteiger partial charge is 0.227 e. The van der Waals surface area contributed by atoms with Gasteiger partial charge in [-0.15, -0.1) is 0 Å². The first-order valence-electron chi connectivity index (χ1n) is 4.53. The number of aromatic nitrogens is 2. The van der Waals surface area contributed by atoms with Gasteiger partial charge in [0.1, 0.15) is 0 Å². The van der Waals surface area contributed by atoms with Crippen LogP contribution >= 0.6 is 11.6 Å². The summed E-state index contributed by atoms with van der Waals surface area (Å²) in [6.45, 7) is 0. The van der Waals surface area contributed by atoms with E-state index in [4.69, 9.17) is 16.9 Å². The number of anilines is 2. The summed E-state index contributed by atoms with van der Waals surface area (Å²) < 4.78 is 0. The molecule has 4 nitrogen and oxygen atoms in total. The van der Waals surface area contributed by atoms with E-state index in [9.17, 15) is 0 Å².